The second-order valence-electron chi connectivity index (χ2n) is 8.41. The summed E-state index contributed by atoms with van der Waals surface area (Å²) < 4.78 is 0. The molecular formula is C26H25N7O2. The summed E-state index contributed by atoms with van der Waals surface area (Å²) in [6.07, 6.45) is 4.70. The molecule has 3 amide bonds. The van der Waals surface area contributed by atoms with Crippen LogP contribution in [0.25, 0.3) is 22.2 Å². The van der Waals surface area contributed by atoms with Crippen LogP contribution in [0.15, 0.2) is 73.6 Å². The summed E-state index contributed by atoms with van der Waals surface area (Å²) in [5.41, 5.74) is 5.61. The van der Waals surface area contributed by atoms with Gasteiger partial charge in [0.05, 0.1) is 6.04 Å². The lowest BCUT2D eigenvalue weighted by molar-refractivity contribution is -0.117. The highest BCUT2D eigenvalue weighted by atomic mass is 16.2. The molecule has 4 aromatic rings. The van der Waals surface area contributed by atoms with Crippen molar-refractivity contribution in [1.82, 2.24) is 20.3 Å². The van der Waals surface area contributed by atoms with Crippen molar-refractivity contribution in [2.24, 2.45) is 0 Å². The van der Waals surface area contributed by atoms with Crippen molar-refractivity contribution in [3.63, 3.8) is 0 Å². The van der Waals surface area contributed by atoms with Crippen LogP contribution in [0.5, 0.6) is 0 Å². The molecule has 0 radical (unpaired) electrons. The number of aryl methyl sites for hydroxylation is 1. The Bertz CT molecular complexity index is 1410. The second kappa shape index (κ2) is 9.30. The molecule has 35 heavy (non-hydrogen) atoms. The Morgan fingerprint density at radius 3 is 2.57 bits per heavy atom. The van der Waals surface area contributed by atoms with Gasteiger partial charge in [0.25, 0.3) is 0 Å². The van der Waals surface area contributed by atoms with E-state index >= 15 is 0 Å². The fraction of sp³-hybridized carbons (Fsp3) is 0.154. The summed E-state index contributed by atoms with van der Waals surface area (Å²) in [5.74, 6) is 0.266. The van der Waals surface area contributed by atoms with Gasteiger partial charge in [-0.05, 0) is 48.9 Å². The normalized spacial score (nSPS) is 13.2. The number of hydrogen-bond acceptors (Lipinski definition) is 5. The zero-order valence-electron chi connectivity index (χ0n) is 19.2. The van der Waals surface area contributed by atoms with Gasteiger partial charge in [-0.15, -0.1) is 0 Å². The lowest BCUT2D eigenvalue weighted by Gasteiger charge is -2.41. The maximum atomic E-state index is 12.5. The number of amides is 3. The van der Waals surface area contributed by atoms with Gasteiger partial charge < -0.3 is 20.5 Å². The van der Waals surface area contributed by atoms with Gasteiger partial charge in [0, 0.05) is 65.2 Å². The van der Waals surface area contributed by atoms with Gasteiger partial charge in [0.1, 0.15) is 5.82 Å². The first-order valence-electron chi connectivity index (χ1n) is 11.3. The minimum Gasteiger partial charge on any atom is -0.367 e. The number of fused-ring (bicyclic) bond motifs is 1. The maximum Gasteiger partial charge on any atom is 0.324 e. The van der Waals surface area contributed by atoms with Crippen LogP contribution in [0.4, 0.5) is 22.0 Å². The molecule has 9 heteroatoms. The molecule has 0 atom stereocenters. The summed E-state index contributed by atoms with van der Waals surface area (Å²) in [6, 6.07) is 15.0. The molecule has 0 unspecified atom stereocenters. The first-order chi connectivity index (χ1) is 17.0. The largest absolute Gasteiger partial charge is 0.367 e. The number of nitrogens with one attached hydrogen (secondary N) is 4. The van der Waals surface area contributed by atoms with Crippen molar-refractivity contribution in [2.45, 2.75) is 13.0 Å². The minimum absolute atomic E-state index is 0.0846. The Kier molecular flexibility index (Phi) is 5.88. The van der Waals surface area contributed by atoms with Crippen LogP contribution in [0.1, 0.15) is 5.69 Å². The number of hydrogen-bond donors (Lipinski definition) is 4. The zero-order chi connectivity index (χ0) is 24.4. The number of nitrogens with zero attached hydrogens (tertiary/aromatic N) is 3. The molecule has 1 aromatic carbocycles. The van der Waals surface area contributed by atoms with E-state index in [1.54, 1.807) is 18.5 Å². The standard InChI is InChI=1S/C26H25N7O2/c1-3-25(34)29-19-14-33(15-19)20-8-10-28-24(12-20)32-26(35)30-18-6-4-17(5-7-18)23-13-21-16(2)27-11-9-22(21)31-23/h3-13,19,31H,1,14-15H2,2H3,(H,29,34)(H2,28,30,32,35). The predicted molar refractivity (Wildman–Crippen MR) is 137 cm³/mol. The number of pyridine rings is 2. The number of aromatic amines is 1. The number of carbonyl (C=O) groups is 2. The van der Waals surface area contributed by atoms with E-state index in [4.69, 9.17) is 0 Å². The van der Waals surface area contributed by atoms with E-state index in [0.717, 1.165) is 33.5 Å². The van der Waals surface area contributed by atoms with Gasteiger partial charge in [-0.2, -0.15) is 0 Å². The van der Waals surface area contributed by atoms with Crippen LogP contribution < -0.4 is 20.9 Å². The number of rotatable bonds is 6. The Morgan fingerprint density at radius 1 is 1.06 bits per heavy atom. The molecule has 0 bridgehead atoms. The number of anilines is 3. The third kappa shape index (κ3) is 4.84. The fourth-order valence-electron chi connectivity index (χ4n) is 4.09. The SMILES string of the molecule is C=CC(=O)NC1CN(c2ccnc(NC(=O)Nc3ccc(-c4cc5c(C)nccc5[nH]4)cc3)c2)C1. The van der Waals surface area contributed by atoms with Crippen molar-refractivity contribution in [2.75, 3.05) is 28.6 Å². The van der Waals surface area contributed by atoms with Crippen LogP contribution >= 0.6 is 0 Å². The highest BCUT2D eigenvalue weighted by Crippen LogP contribution is 2.27. The van der Waals surface area contributed by atoms with Crippen molar-refractivity contribution < 1.29 is 9.59 Å². The molecule has 9 nitrogen and oxygen atoms in total. The molecule has 1 aliphatic heterocycles. The monoisotopic (exact) mass is 467 g/mol. The summed E-state index contributed by atoms with van der Waals surface area (Å²) >= 11 is 0. The van der Waals surface area contributed by atoms with Gasteiger partial charge in [-0.25, -0.2) is 9.78 Å². The zero-order valence-corrected chi connectivity index (χ0v) is 19.2. The first-order valence-corrected chi connectivity index (χ1v) is 11.3. The molecule has 5 rings (SSSR count). The highest BCUT2D eigenvalue weighted by Gasteiger charge is 2.27. The van der Waals surface area contributed by atoms with Gasteiger partial charge in [0.2, 0.25) is 5.91 Å². The topological polar surface area (TPSA) is 115 Å². The molecular weight excluding hydrogens is 442 g/mol. The van der Waals surface area contributed by atoms with Gasteiger partial charge >= 0.3 is 6.03 Å². The molecule has 1 aliphatic rings. The molecule has 176 valence electrons. The lowest BCUT2D eigenvalue weighted by atomic mass is 10.1. The maximum absolute atomic E-state index is 12.5. The van der Waals surface area contributed by atoms with E-state index in [2.05, 4.69) is 48.4 Å². The van der Waals surface area contributed by atoms with Crippen LogP contribution in [-0.4, -0.2) is 46.0 Å². The van der Waals surface area contributed by atoms with E-state index in [1.165, 1.54) is 6.08 Å². The summed E-state index contributed by atoms with van der Waals surface area (Å²) in [6.45, 7) is 6.83. The van der Waals surface area contributed by atoms with Gasteiger partial charge in [-0.1, -0.05) is 18.7 Å². The van der Waals surface area contributed by atoms with E-state index in [0.29, 0.717) is 24.6 Å². The van der Waals surface area contributed by atoms with Crippen molar-refractivity contribution in [1.29, 1.82) is 0 Å². The Labute approximate surface area is 202 Å². The molecule has 0 aliphatic carbocycles. The molecule has 0 saturated carbocycles. The molecule has 4 heterocycles. The van der Waals surface area contributed by atoms with Crippen molar-refractivity contribution in [3.05, 3.63) is 79.3 Å². The van der Waals surface area contributed by atoms with E-state index in [-0.39, 0.29) is 18.0 Å². The average molecular weight is 468 g/mol. The Hall–Kier alpha value is -4.66. The van der Waals surface area contributed by atoms with Crippen LogP contribution in [0.3, 0.4) is 0 Å². The van der Waals surface area contributed by atoms with E-state index < -0.39 is 0 Å². The number of H-pyrrole nitrogens is 1. The third-order valence-corrected chi connectivity index (χ3v) is 5.96. The molecule has 0 spiro atoms. The minimum atomic E-state index is -0.380. The van der Waals surface area contributed by atoms with Crippen molar-refractivity contribution in [3.8, 4) is 11.3 Å². The Balaban J connectivity index is 1.18. The second-order valence-corrected chi connectivity index (χ2v) is 8.41. The molecule has 3 aromatic heterocycles. The molecule has 1 saturated heterocycles. The predicted octanol–water partition coefficient (Wildman–Crippen LogP) is 4.07. The number of aromatic nitrogens is 3. The number of carbonyl (C=O) groups excluding carboxylic acids is 2. The summed E-state index contributed by atoms with van der Waals surface area (Å²) in [5, 5.41) is 9.56. The fourth-order valence-corrected chi connectivity index (χ4v) is 4.09. The lowest BCUT2D eigenvalue weighted by Crippen LogP contribution is -2.59. The number of benzene rings is 1. The number of urea groups is 1. The van der Waals surface area contributed by atoms with Gasteiger partial charge in [-0.3, -0.25) is 15.1 Å². The Morgan fingerprint density at radius 2 is 1.83 bits per heavy atom. The molecule has 4 N–H and O–H groups in total. The molecule has 1 fully saturated rings. The van der Waals surface area contributed by atoms with Gasteiger partial charge in [0.15, 0.2) is 0 Å². The van der Waals surface area contributed by atoms with Crippen LogP contribution in [-0.2, 0) is 4.79 Å². The summed E-state index contributed by atoms with van der Waals surface area (Å²) in [7, 11) is 0. The summed E-state index contributed by atoms with van der Waals surface area (Å²) in [4.78, 5) is 38.0. The first kappa shape index (κ1) is 22.1. The van der Waals surface area contributed by atoms with Crippen LogP contribution in [0, 0.1) is 6.92 Å². The van der Waals surface area contributed by atoms with Crippen LogP contribution in [0.2, 0.25) is 0 Å². The van der Waals surface area contributed by atoms with E-state index in [9.17, 15) is 9.59 Å². The average Bonchev–Trinajstić information content (AvgIpc) is 3.27. The van der Waals surface area contributed by atoms with Crippen molar-refractivity contribution >= 4 is 40.0 Å². The highest BCUT2D eigenvalue weighted by molar-refractivity contribution is 5.99. The smallest absolute Gasteiger partial charge is 0.324 e. The quantitative estimate of drug-likeness (QED) is 0.319. The van der Waals surface area contributed by atoms with E-state index in [1.807, 2.05) is 43.3 Å². The third-order valence-electron chi connectivity index (χ3n) is 5.96.